The van der Waals surface area contributed by atoms with Crippen LogP contribution in [0.3, 0.4) is 0 Å². The summed E-state index contributed by atoms with van der Waals surface area (Å²) in [6, 6.07) is 11.7. The molecule has 3 atom stereocenters. The third-order valence-electron chi connectivity index (χ3n) is 5.08. The van der Waals surface area contributed by atoms with Crippen molar-refractivity contribution in [3.63, 3.8) is 0 Å². The minimum Gasteiger partial charge on any atom is -0.478 e. The zero-order valence-electron chi connectivity index (χ0n) is 13.3. The Labute approximate surface area is 144 Å². The van der Waals surface area contributed by atoms with Crippen molar-refractivity contribution in [1.82, 2.24) is 0 Å². The maximum absolute atomic E-state index is 11.6. The van der Waals surface area contributed by atoms with Gasteiger partial charge >= 0.3 is 5.97 Å². The lowest BCUT2D eigenvalue weighted by molar-refractivity contribution is -0.384. The number of nitrogens with zero attached hydrogens (tertiary/aromatic N) is 1. The van der Waals surface area contributed by atoms with Gasteiger partial charge in [-0.3, -0.25) is 10.1 Å². The quantitative estimate of drug-likeness (QED) is 0.500. The maximum Gasteiger partial charge on any atom is 0.336 e. The van der Waals surface area contributed by atoms with Gasteiger partial charge in [-0.1, -0.05) is 30.4 Å². The van der Waals surface area contributed by atoms with Crippen LogP contribution in [-0.4, -0.2) is 16.0 Å². The molecule has 1 heterocycles. The normalized spacial score (nSPS) is 23.4. The Morgan fingerprint density at radius 2 is 2.00 bits per heavy atom. The summed E-state index contributed by atoms with van der Waals surface area (Å²) >= 11 is 0. The van der Waals surface area contributed by atoms with E-state index >= 15 is 0 Å². The molecule has 0 unspecified atom stereocenters. The highest BCUT2D eigenvalue weighted by Crippen LogP contribution is 2.50. The van der Waals surface area contributed by atoms with Crippen LogP contribution in [0.2, 0.25) is 0 Å². The van der Waals surface area contributed by atoms with Crippen LogP contribution >= 0.6 is 0 Å². The molecule has 2 aliphatic rings. The Hall–Kier alpha value is -3.15. The molecule has 6 heteroatoms. The Morgan fingerprint density at radius 3 is 2.76 bits per heavy atom. The van der Waals surface area contributed by atoms with Crippen LogP contribution in [-0.2, 0) is 0 Å². The van der Waals surface area contributed by atoms with E-state index in [2.05, 4.69) is 17.5 Å². The Kier molecular flexibility index (Phi) is 3.53. The highest BCUT2D eigenvalue weighted by atomic mass is 16.6. The summed E-state index contributed by atoms with van der Waals surface area (Å²) in [5.74, 6) is -0.771. The van der Waals surface area contributed by atoms with Crippen molar-refractivity contribution < 1.29 is 14.8 Å². The van der Waals surface area contributed by atoms with Crippen molar-refractivity contribution in [1.29, 1.82) is 0 Å². The summed E-state index contributed by atoms with van der Waals surface area (Å²) in [7, 11) is 0. The Balaban J connectivity index is 1.81. The molecule has 2 N–H and O–H groups in total. The van der Waals surface area contributed by atoms with Gasteiger partial charge in [0.05, 0.1) is 16.5 Å². The SMILES string of the molecule is O=C(O)c1ccccc1[C@@H]1Nc2ccc([N+](=O)[O-])cc2[C@H]2C=CC[C@H]21. The average Bonchev–Trinajstić information content (AvgIpc) is 3.10. The number of carboxylic acids is 1. The fraction of sp³-hybridized carbons (Fsp3) is 0.211. The number of carbonyl (C=O) groups is 1. The number of aromatic carboxylic acids is 1. The zero-order chi connectivity index (χ0) is 17.6. The Bertz CT molecular complexity index is 906. The van der Waals surface area contributed by atoms with Gasteiger partial charge in [0.2, 0.25) is 0 Å². The topological polar surface area (TPSA) is 92.5 Å². The first-order valence-corrected chi connectivity index (χ1v) is 8.10. The van der Waals surface area contributed by atoms with E-state index in [1.54, 1.807) is 24.3 Å². The maximum atomic E-state index is 11.6. The summed E-state index contributed by atoms with van der Waals surface area (Å²) in [6.45, 7) is 0. The molecule has 0 aromatic heterocycles. The molecule has 0 spiro atoms. The van der Waals surface area contributed by atoms with E-state index in [4.69, 9.17) is 0 Å². The summed E-state index contributed by atoms with van der Waals surface area (Å²) in [6.07, 6.45) is 4.95. The summed E-state index contributed by atoms with van der Waals surface area (Å²) < 4.78 is 0. The van der Waals surface area contributed by atoms with Crippen molar-refractivity contribution in [2.75, 3.05) is 5.32 Å². The molecule has 4 rings (SSSR count). The first-order chi connectivity index (χ1) is 12.1. The molecule has 1 aliphatic carbocycles. The highest BCUT2D eigenvalue weighted by Gasteiger charge is 2.39. The fourth-order valence-corrected chi connectivity index (χ4v) is 3.97. The second-order valence-corrected chi connectivity index (χ2v) is 6.40. The number of allylic oxidation sites excluding steroid dienone is 2. The van der Waals surface area contributed by atoms with Crippen LogP contribution in [0.25, 0.3) is 0 Å². The number of rotatable bonds is 3. The predicted molar refractivity (Wildman–Crippen MR) is 92.8 cm³/mol. The molecule has 126 valence electrons. The first kappa shape index (κ1) is 15.4. The monoisotopic (exact) mass is 336 g/mol. The molecule has 6 nitrogen and oxygen atoms in total. The van der Waals surface area contributed by atoms with Gasteiger partial charge in [0.25, 0.3) is 5.69 Å². The molecule has 0 fully saturated rings. The minimum atomic E-state index is -0.950. The molecule has 0 saturated heterocycles. The van der Waals surface area contributed by atoms with Crippen LogP contribution in [0.15, 0.2) is 54.6 Å². The number of carboxylic acid groups (broad SMARTS) is 1. The number of benzene rings is 2. The van der Waals surface area contributed by atoms with Crippen LogP contribution in [0, 0.1) is 16.0 Å². The van der Waals surface area contributed by atoms with E-state index in [-0.39, 0.29) is 34.1 Å². The highest BCUT2D eigenvalue weighted by molar-refractivity contribution is 5.90. The van der Waals surface area contributed by atoms with Crippen molar-refractivity contribution in [2.45, 2.75) is 18.4 Å². The van der Waals surface area contributed by atoms with Gasteiger partial charge in [0.1, 0.15) is 0 Å². The fourth-order valence-electron chi connectivity index (χ4n) is 3.97. The van der Waals surface area contributed by atoms with Gasteiger partial charge in [-0.25, -0.2) is 4.79 Å². The van der Waals surface area contributed by atoms with Gasteiger partial charge in [-0.15, -0.1) is 0 Å². The lowest BCUT2D eigenvalue weighted by atomic mass is 9.76. The van der Waals surface area contributed by atoms with Crippen molar-refractivity contribution in [2.24, 2.45) is 5.92 Å². The second kappa shape index (κ2) is 5.73. The van der Waals surface area contributed by atoms with E-state index in [0.717, 1.165) is 23.2 Å². The van der Waals surface area contributed by atoms with E-state index in [9.17, 15) is 20.0 Å². The largest absolute Gasteiger partial charge is 0.478 e. The smallest absolute Gasteiger partial charge is 0.336 e. The van der Waals surface area contributed by atoms with Crippen LogP contribution in [0.5, 0.6) is 0 Å². The number of anilines is 1. The molecule has 25 heavy (non-hydrogen) atoms. The number of fused-ring (bicyclic) bond motifs is 3. The lowest BCUT2D eigenvalue weighted by Gasteiger charge is -2.37. The third kappa shape index (κ3) is 2.46. The molecular formula is C19H16N2O4. The van der Waals surface area contributed by atoms with Gasteiger partial charge in [0, 0.05) is 23.7 Å². The summed E-state index contributed by atoms with van der Waals surface area (Å²) in [5.41, 5.74) is 2.83. The van der Waals surface area contributed by atoms with Gasteiger partial charge < -0.3 is 10.4 Å². The van der Waals surface area contributed by atoms with Crippen LogP contribution < -0.4 is 5.32 Å². The summed E-state index contributed by atoms with van der Waals surface area (Å²) in [4.78, 5) is 22.3. The lowest BCUT2D eigenvalue weighted by Crippen LogP contribution is -2.30. The molecule has 0 saturated carbocycles. The number of hydrogen-bond donors (Lipinski definition) is 2. The van der Waals surface area contributed by atoms with E-state index in [1.165, 1.54) is 6.07 Å². The number of non-ortho nitro benzene ring substituents is 1. The Morgan fingerprint density at radius 1 is 1.20 bits per heavy atom. The molecule has 2 aromatic rings. The third-order valence-corrected chi connectivity index (χ3v) is 5.08. The number of hydrogen-bond acceptors (Lipinski definition) is 4. The molecular weight excluding hydrogens is 320 g/mol. The molecule has 2 aromatic carbocycles. The summed E-state index contributed by atoms with van der Waals surface area (Å²) in [5, 5.41) is 24.0. The van der Waals surface area contributed by atoms with Crippen molar-refractivity contribution >= 4 is 17.3 Å². The van der Waals surface area contributed by atoms with Gasteiger partial charge in [-0.05, 0) is 35.6 Å². The average molecular weight is 336 g/mol. The molecule has 0 bridgehead atoms. The predicted octanol–water partition coefficient (Wildman–Crippen LogP) is 4.12. The van der Waals surface area contributed by atoms with E-state index in [1.807, 2.05) is 12.1 Å². The van der Waals surface area contributed by atoms with Crippen molar-refractivity contribution in [3.05, 3.63) is 81.4 Å². The number of nitrogens with one attached hydrogen (secondary N) is 1. The van der Waals surface area contributed by atoms with Crippen LogP contribution in [0.1, 0.15) is 39.9 Å². The zero-order valence-corrected chi connectivity index (χ0v) is 13.3. The van der Waals surface area contributed by atoms with Crippen molar-refractivity contribution in [3.8, 4) is 0 Å². The number of nitro groups is 1. The first-order valence-electron chi connectivity index (χ1n) is 8.10. The number of nitro benzene ring substituents is 1. The minimum absolute atomic E-state index is 0.0444. The molecule has 1 aliphatic heterocycles. The molecule has 0 amide bonds. The standard InChI is InChI=1S/C19H16N2O4/c22-19(23)15-5-2-1-4-14(15)18-13-7-3-6-12(13)16-10-11(21(24)25)8-9-17(16)20-18/h1-6,8-10,12-13,18,20H,7H2,(H,22,23)/t12-,13+,18+/m0/s1. The van der Waals surface area contributed by atoms with Crippen LogP contribution in [0.4, 0.5) is 11.4 Å². The second-order valence-electron chi connectivity index (χ2n) is 6.40. The molecule has 0 radical (unpaired) electrons. The van der Waals surface area contributed by atoms with Gasteiger partial charge in [-0.2, -0.15) is 0 Å². The van der Waals surface area contributed by atoms with E-state index in [0.29, 0.717) is 0 Å². The van der Waals surface area contributed by atoms with E-state index < -0.39 is 5.97 Å². The van der Waals surface area contributed by atoms with Gasteiger partial charge in [0.15, 0.2) is 0 Å².